The average molecular weight is 277 g/mol. The normalized spacial score (nSPS) is 25.2. The number of pyridine rings is 1. The molecule has 1 aromatic heterocycles. The standard InChI is InChI=1S/C19H24BN/c1-2-10-19-15(5-1)11-12-18(21-19)13-14-20-16-6-3-7-17(20)9-4-8-16/h1-2,5,10-12,16-17H,3-4,6-9,13-14H2. The predicted octanol–water partition coefficient (Wildman–Crippen LogP) is 5.38. The average Bonchev–Trinajstić information content (AvgIpc) is 2.52. The fourth-order valence-electron chi connectivity index (χ4n) is 4.85. The highest BCUT2D eigenvalue weighted by atomic mass is 14.7. The largest absolute Gasteiger partial charge is 0.253 e. The van der Waals surface area contributed by atoms with Crippen molar-refractivity contribution in [1.29, 1.82) is 0 Å². The summed E-state index contributed by atoms with van der Waals surface area (Å²) in [4.78, 5) is 4.85. The van der Waals surface area contributed by atoms with E-state index in [0.717, 1.165) is 23.9 Å². The van der Waals surface area contributed by atoms with E-state index in [2.05, 4.69) is 36.4 Å². The molecule has 2 bridgehead atoms. The minimum Gasteiger partial charge on any atom is -0.253 e. The van der Waals surface area contributed by atoms with Crippen LogP contribution in [0.5, 0.6) is 0 Å². The number of fused-ring (bicyclic) bond motifs is 3. The minimum atomic E-state index is 0.987. The van der Waals surface area contributed by atoms with Crippen molar-refractivity contribution in [2.45, 2.75) is 62.9 Å². The molecule has 108 valence electrons. The van der Waals surface area contributed by atoms with Crippen LogP contribution in [0.4, 0.5) is 0 Å². The molecule has 2 saturated heterocycles. The first kappa shape index (κ1) is 13.4. The fourth-order valence-corrected chi connectivity index (χ4v) is 4.85. The third-order valence-corrected chi connectivity index (χ3v) is 5.90. The highest BCUT2D eigenvalue weighted by Crippen LogP contribution is 2.47. The molecule has 2 heteroatoms. The first-order valence-corrected chi connectivity index (χ1v) is 8.75. The van der Waals surface area contributed by atoms with Gasteiger partial charge in [-0.15, -0.1) is 0 Å². The zero-order valence-electron chi connectivity index (χ0n) is 12.8. The number of aromatic nitrogens is 1. The van der Waals surface area contributed by atoms with E-state index < -0.39 is 0 Å². The summed E-state index contributed by atoms with van der Waals surface area (Å²) in [6.07, 6.45) is 11.5. The molecule has 2 fully saturated rings. The topological polar surface area (TPSA) is 12.9 Å². The number of para-hydroxylation sites is 1. The Balaban J connectivity index is 1.47. The molecule has 0 spiro atoms. The summed E-state index contributed by atoms with van der Waals surface area (Å²) in [6.45, 7) is 0.987. The Morgan fingerprint density at radius 3 is 2.38 bits per heavy atom. The summed E-state index contributed by atoms with van der Waals surface area (Å²) in [6, 6.07) is 12.9. The summed E-state index contributed by atoms with van der Waals surface area (Å²) >= 11 is 0. The SMILES string of the molecule is c1ccc2nc(CCB3C4CCCC3CCC4)ccc2c1. The van der Waals surface area contributed by atoms with E-state index in [-0.39, 0.29) is 0 Å². The Morgan fingerprint density at radius 2 is 1.62 bits per heavy atom. The lowest BCUT2D eigenvalue weighted by molar-refractivity contribution is 0.441. The van der Waals surface area contributed by atoms with E-state index in [4.69, 9.17) is 4.98 Å². The Hall–Kier alpha value is -1.31. The van der Waals surface area contributed by atoms with Crippen molar-refractivity contribution < 1.29 is 0 Å². The lowest BCUT2D eigenvalue weighted by Gasteiger charge is -2.40. The maximum absolute atomic E-state index is 4.85. The molecule has 2 aromatic rings. The maximum Gasteiger partial charge on any atom is 0.146 e. The van der Waals surface area contributed by atoms with Crippen molar-refractivity contribution in [3.8, 4) is 0 Å². The molecule has 0 atom stereocenters. The highest BCUT2D eigenvalue weighted by molar-refractivity contribution is 6.62. The zero-order chi connectivity index (χ0) is 14.1. The van der Waals surface area contributed by atoms with Gasteiger partial charge in [-0.1, -0.05) is 80.7 Å². The van der Waals surface area contributed by atoms with Gasteiger partial charge in [0.25, 0.3) is 0 Å². The monoisotopic (exact) mass is 277 g/mol. The number of rotatable bonds is 3. The predicted molar refractivity (Wildman–Crippen MR) is 91.2 cm³/mol. The Morgan fingerprint density at radius 1 is 0.905 bits per heavy atom. The zero-order valence-corrected chi connectivity index (χ0v) is 12.8. The summed E-state index contributed by atoms with van der Waals surface area (Å²) in [5.74, 6) is 2.05. The van der Waals surface area contributed by atoms with Crippen molar-refractivity contribution in [1.82, 2.24) is 4.98 Å². The fraction of sp³-hybridized carbons (Fsp3) is 0.526. The molecule has 0 radical (unpaired) electrons. The van der Waals surface area contributed by atoms with Crippen LogP contribution in [0.3, 0.4) is 0 Å². The molecule has 0 saturated carbocycles. The van der Waals surface area contributed by atoms with Gasteiger partial charge in [-0.2, -0.15) is 0 Å². The Kier molecular flexibility index (Phi) is 3.71. The van der Waals surface area contributed by atoms with Gasteiger partial charge in [0.05, 0.1) is 5.52 Å². The van der Waals surface area contributed by atoms with Crippen molar-refractivity contribution >= 4 is 17.6 Å². The summed E-state index contributed by atoms with van der Waals surface area (Å²) in [7, 11) is 0. The van der Waals surface area contributed by atoms with Gasteiger partial charge in [0, 0.05) is 11.1 Å². The van der Waals surface area contributed by atoms with Crippen molar-refractivity contribution in [2.75, 3.05) is 0 Å². The smallest absolute Gasteiger partial charge is 0.146 e. The molecule has 2 aliphatic heterocycles. The van der Waals surface area contributed by atoms with Crippen molar-refractivity contribution in [3.05, 3.63) is 42.1 Å². The number of hydrogen-bond acceptors (Lipinski definition) is 1. The molecule has 0 N–H and O–H groups in total. The van der Waals surface area contributed by atoms with Gasteiger partial charge >= 0.3 is 0 Å². The van der Waals surface area contributed by atoms with E-state index in [1.807, 2.05) is 0 Å². The molecule has 2 aliphatic rings. The van der Waals surface area contributed by atoms with Gasteiger partial charge in [-0.25, -0.2) is 0 Å². The van der Waals surface area contributed by atoms with E-state index in [1.54, 1.807) is 0 Å². The summed E-state index contributed by atoms with van der Waals surface area (Å²) < 4.78 is 0. The molecule has 1 aromatic carbocycles. The van der Waals surface area contributed by atoms with Gasteiger partial charge in [-0.3, -0.25) is 4.98 Å². The molecule has 21 heavy (non-hydrogen) atoms. The van der Waals surface area contributed by atoms with E-state index in [9.17, 15) is 0 Å². The van der Waals surface area contributed by atoms with Crippen LogP contribution < -0.4 is 0 Å². The minimum absolute atomic E-state index is 0.987. The van der Waals surface area contributed by atoms with Crippen LogP contribution in [0, 0.1) is 0 Å². The highest BCUT2D eigenvalue weighted by Gasteiger charge is 2.38. The molecule has 0 unspecified atom stereocenters. The van der Waals surface area contributed by atoms with Gasteiger partial charge in [0.1, 0.15) is 6.71 Å². The molecule has 4 rings (SSSR count). The number of aryl methyl sites for hydroxylation is 1. The third kappa shape index (κ3) is 2.73. The third-order valence-electron chi connectivity index (χ3n) is 5.90. The second-order valence-electron chi connectivity index (χ2n) is 7.08. The lowest BCUT2D eigenvalue weighted by Crippen LogP contribution is -2.34. The van der Waals surface area contributed by atoms with Crippen molar-refractivity contribution in [3.63, 3.8) is 0 Å². The molecular weight excluding hydrogens is 253 g/mol. The number of benzene rings is 1. The van der Waals surface area contributed by atoms with Gasteiger partial charge in [0.2, 0.25) is 0 Å². The van der Waals surface area contributed by atoms with Crippen LogP contribution >= 0.6 is 0 Å². The second-order valence-corrected chi connectivity index (χ2v) is 7.08. The van der Waals surface area contributed by atoms with Crippen LogP contribution in [0.25, 0.3) is 10.9 Å². The maximum atomic E-state index is 4.85. The van der Waals surface area contributed by atoms with Gasteiger partial charge in [-0.05, 0) is 18.6 Å². The second kappa shape index (κ2) is 5.83. The Labute approximate surface area is 128 Å². The molecular formula is C19H24BN. The summed E-state index contributed by atoms with van der Waals surface area (Å²) in [5.41, 5.74) is 2.44. The lowest BCUT2D eigenvalue weighted by atomic mass is 9.26. The first-order chi connectivity index (χ1) is 10.4. The first-order valence-electron chi connectivity index (χ1n) is 8.75. The van der Waals surface area contributed by atoms with Crippen LogP contribution in [-0.4, -0.2) is 11.7 Å². The van der Waals surface area contributed by atoms with Crippen LogP contribution in [-0.2, 0) is 6.42 Å². The van der Waals surface area contributed by atoms with E-state index in [1.165, 1.54) is 62.3 Å². The molecule has 0 aliphatic carbocycles. The molecule has 1 nitrogen and oxygen atoms in total. The molecule has 3 heterocycles. The van der Waals surface area contributed by atoms with E-state index in [0.29, 0.717) is 0 Å². The van der Waals surface area contributed by atoms with Crippen LogP contribution in [0.15, 0.2) is 36.4 Å². The van der Waals surface area contributed by atoms with Gasteiger partial charge < -0.3 is 0 Å². The molecule has 0 amide bonds. The van der Waals surface area contributed by atoms with E-state index >= 15 is 0 Å². The number of hydrogen-bond donors (Lipinski definition) is 0. The van der Waals surface area contributed by atoms with Crippen LogP contribution in [0.2, 0.25) is 18.0 Å². The Bertz CT molecular complexity index is 602. The number of nitrogens with zero attached hydrogens (tertiary/aromatic N) is 1. The summed E-state index contributed by atoms with van der Waals surface area (Å²) in [5, 5.41) is 1.26. The van der Waals surface area contributed by atoms with Gasteiger partial charge in [0.15, 0.2) is 0 Å². The van der Waals surface area contributed by atoms with Crippen molar-refractivity contribution in [2.24, 2.45) is 0 Å². The quantitative estimate of drug-likeness (QED) is 0.686. The van der Waals surface area contributed by atoms with Crippen LogP contribution in [0.1, 0.15) is 44.2 Å².